The van der Waals surface area contributed by atoms with Crippen LogP contribution in [0, 0.1) is 17.1 Å². The van der Waals surface area contributed by atoms with Crippen molar-refractivity contribution in [2.24, 2.45) is 0 Å². The first kappa shape index (κ1) is 19.5. The summed E-state index contributed by atoms with van der Waals surface area (Å²) in [6, 6.07) is 12.7. The number of nitrogens with zero attached hydrogens (tertiary/aromatic N) is 5. The minimum absolute atomic E-state index is 0.0566. The molecule has 0 aliphatic carbocycles. The molecule has 3 rings (SSSR count). The molecular weight excluding hydrogens is 381 g/mol. The Hall–Kier alpha value is -3.22. The van der Waals surface area contributed by atoms with Gasteiger partial charge in [-0.15, -0.1) is 0 Å². The maximum Gasteiger partial charge on any atom is 0.232 e. The number of aromatic nitrogens is 3. The number of aliphatic hydroxyl groups is 1. The summed E-state index contributed by atoms with van der Waals surface area (Å²) in [4.78, 5) is 14.6. The van der Waals surface area contributed by atoms with Crippen molar-refractivity contribution in [3.63, 3.8) is 0 Å². The van der Waals surface area contributed by atoms with Crippen molar-refractivity contribution in [2.75, 3.05) is 24.3 Å². The van der Waals surface area contributed by atoms with Crippen LogP contribution in [0.4, 0.5) is 16.2 Å². The molecule has 28 heavy (non-hydrogen) atoms. The predicted octanol–water partition coefficient (Wildman–Crippen LogP) is 2.42. The van der Waals surface area contributed by atoms with Crippen LogP contribution < -0.4 is 4.90 Å². The van der Waals surface area contributed by atoms with Crippen LogP contribution in [0.1, 0.15) is 5.56 Å². The summed E-state index contributed by atoms with van der Waals surface area (Å²) >= 11 is 0. The molecule has 3 aromatic rings. The van der Waals surface area contributed by atoms with Gasteiger partial charge in [-0.25, -0.2) is 19.3 Å². The fourth-order valence-corrected chi connectivity index (χ4v) is 3.25. The van der Waals surface area contributed by atoms with Gasteiger partial charge in [0.05, 0.1) is 29.6 Å². The van der Waals surface area contributed by atoms with Gasteiger partial charge in [0.2, 0.25) is 5.95 Å². The number of halogens is 1. The van der Waals surface area contributed by atoms with Gasteiger partial charge in [0, 0.05) is 18.0 Å². The van der Waals surface area contributed by atoms with E-state index in [-0.39, 0.29) is 35.4 Å². The van der Waals surface area contributed by atoms with Gasteiger partial charge in [-0.05, 0) is 36.4 Å². The van der Waals surface area contributed by atoms with Crippen molar-refractivity contribution in [2.45, 2.75) is 5.03 Å². The highest BCUT2D eigenvalue weighted by Crippen LogP contribution is 2.29. The van der Waals surface area contributed by atoms with Crippen molar-refractivity contribution in [1.82, 2.24) is 15.0 Å². The van der Waals surface area contributed by atoms with Crippen molar-refractivity contribution < 1.29 is 13.7 Å². The van der Waals surface area contributed by atoms with Crippen molar-refractivity contribution >= 4 is 22.6 Å². The molecule has 142 valence electrons. The highest BCUT2D eigenvalue weighted by molar-refractivity contribution is 7.84. The molecule has 0 amide bonds. The maximum atomic E-state index is 13.3. The van der Waals surface area contributed by atoms with Crippen molar-refractivity contribution in [3.05, 3.63) is 60.0 Å². The second-order valence-corrected chi connectivity index (χ2v) is 6.98. The molecule has 9 heteroatoms. The quantitative estimate of drug-likeness (QED) is 0.637. The van der Waals surface area contributed by atoms with Crippen molar-refractivity contribution in [3.8, 4) is 17.3 Å². The third-order valence-electron chi connectivity index (χ3n) is 3.86. The molecular formula is C19H16FN5O2S. The summed E-state index contributed by atoms with van der Waals surface area (Å²) in [6.07, 6.45) is 3.00. The van der Waals surface area contributed by atoms with Gasteiger partial charge in [-0.2, -0.15) is 5.26 Å². The Morgan fingerprint density at radius 1 is 1.21 bits per heavy atom. The first-order valence-electron chi connectivity index (χ1n) is 8.26. The average Bonchev–Trinajstić information content (AvgIpc) is 2.72. The molecule has 7 nitrogen and oxygen atoms in total. The zero-order valence-corrected chi connectivity index (χ0v) is 15.7. The molecule has 1 atom stereocenters. The lowest BCUT2D eigenvalue weighted by Gasteiger charge is -2.22. The molecule has 0 bridgehead atoms. The molecule has 0 aliphatic rings. The third-order valence-corrected chi connectivity index (χ3v) is 4.70. The molecule has 0 saturated heterocycles. The lowest BCUT2D eigenvalue weighted by atomic mass is 10.1. The third kappa shape index (κ3) is 4.03. The van der Waals surface area contributed by atoms with Crippen LogP contribution in [0.5, 0.6) is 0 Å². The molecule has 1 N–H and O–H groups in total. The van der Waals surface area contributed by atoms with Crippen LogP contribution in [-0.2, 0) is 10.8 Å². The van der Waals surface area contributed by atoms with E-state index in [0.29, 0.717) is 11.4 Å². The van der Waals surface area contributed by atoms with Crippen LogP contribution in [0.3, 0.4) is 0 Å². The van der Waals surface area contributed by atoms with E-state index in [2.05, 4.69) is 15.0 Å². The van der Waals surface area contributed by atoms with Gasteiger partial charge in [-0.3, -0.25) is 9.11 Å². The van der Waals surface area contributed by atoms with Crippen LogP contribution in [0.25, 0.3) is 11.3 Å². The minimum atomic E-state index is -1.57. The number of hydrogen-bond donors (Lipinski definition) is 1. The first-order valence-corrected chi connectivity index (χ1v) is 9.82. The Kier molecular flexibility index (Phi) is 6.03. The number of anilines is 2. The largest absolute Gasteiger partial charge is 0.395 e. The first-order chi connectivity index (χ1) is 13.5. The normalized spacial score (nSPS) is 11.6. The van der Waals surface area contributed by atoms with E-state index >= 15 is 0 Å². The molecule has 1 unspecified atom stereocenters. The maximum absolute atomic E-state index is 13.3. The highest BCUT2D eigenvalue weighted by atomic mass is 32.2. The van der Waals surface area contributed by atoms with Crippen LogP contribution in [0.2, 0.25) is 0 Å². The number of pyridine rings is 1. The lowest BCUT2D eigenvalue weighted by Crippen LogP contribution is -2.25. The number of aliphatic hydroxyl groups excluding tert-OH is 1. The zero-order valence-electron chi connectivity index (χ0n) is 14.9. The summed E-state index contributed by atoms with van der Waals surface area (Å²) in [6.45, 7) is -0.0576. The Morgan fingerprint density at radius 3 is 2.54 bits per heavy atom. The predicted molar refractivity (Wildman–Crippen MR) is 103 cm³/mol. The van der Waals surface area contributed by atoms with E-state index in [1.807, 2.05) is 6.07 Å². The summed E-state index contributed by atoms with van der Waals surface area (Å²) in [5.74, 6) is 0.196. The topological polar surface area (TPSA) is 103 Å². The molecule has 0 fully saturated rings. The Morgan fingerprint density at radius 2 is 1.96 bits per heavy atom. The molecule has 0 spiro atoms. The lowest BCUT2D eigenvalue weighted by molar-refractivity contribution is 0.305. The van der Waals surface area contributed by atoms with Gasteiger partial charge >= 0.3 is 0 Å². The van der Waals surface area contributed by atoms with Gasteiger partial charge in [-0.1, -0.05) is 6.07 Å². The molecule has 0 saturated carbocycles. The van der Waals surface area contributed by atoms with Gasteiger partial charge in [0.15, 0.2) is 5.03 Å². The van der Waals surface area contributed by atoms with E-state index in [9.17, 15) is 19.0 Å². The van der Waals surface area contributed by atoms with E-state index in [1.54, 1.807) is 29.3 Å². The SMILES string of the molecule is CS(=O)c1nc(N(CCO)c2ccccn2)nc(-c2ccc(F)cc2)c1C#N. The summed E-state index contributed by atoms with van der Waals surface area (Å²) in [5, 5.41) is 19.1. The van der Waals surface area contributed by atoms with Crippen LogP contribution >= 0.6 is 0 Å². The van der Waals surface area contributed by atoms with E-state index in [4.69, 9.17) is 0 Å². The zero-order chi connectivity index (χ0) is 20.1. The number of hydrogen-bond acceptors (Lipinski definition) is 7. The second-order valence-electron chi connectivity index (χ2n) is 5.69. The van der Waals surface area contributed by atoms with E-state index in [0.717, 1.165) is 0 Å². The van der Waals surface area contributed by atoms with Gasteiger partial charge in [0.1, 0.15) is 23.3 Å². The molecule has 0 aliphatic heterocycles. The van der Waals surface area contributed by atoms with Crippen LogP contribution in [-0.4, -0.2) is 43.7 Å². The second kappa shape index (κ2) is 8.65. The monoisotopic (exact) mass is 397 g/mol. The fourth-order valence-electron chi connectivity index (χ4n) is 2.61. The Bertz CT molecular complexity index is 1040. The Balaban J connectivity index is 2.25. The molecule has 1 aromatic carbocycles. The smallest absolute Gasteiger partial charge is 0.232 e. The van der Waals surface area contributed by atoms with Crippen LogP contribution in [0.15, 0.2) is 53.7 Å². The molecule has 0 radical (unpaired) electrons. The number of benzene rings is 1. The fraction of sp³-hybridized carbons (Fsp3) is 0.158. The summed E-state index contributed by atoms with van der Waals surface area (Å²) < 4.78 is 25.6. The standard InChI is InChI=1S/C19H16FN5O2S/c1-28(27)18-15(12-21)17(13-5-7-14(20)8-6-13)23-19(24-18)25(10-11-26)16-4-2-3-9-22-16/h2-9,26H,10-11H2,1H3. The Labute approximate surface area is 163 Å². The molecule has 2 heterocycles. The van der Waals surface area contributed by atoms with Gasteiger partial charge < -0.3 is 5.11 Å². The summed E-state index contributed by atoms with van der Waals surface area (Å²) in [7, 11) is -1.57. The summed E-state index contributed by atoms with van der Waals surface area (Å²) in [5.41, 5.74) is 0.774. The minimum Gasteiger partial charge on any atom is -0.395 e. The van der Waals surface area contributed by atoms with Crippen molar-refractivity contribution in [1.29, 1.82) is 5.26 Å². The average molecular weight is 397 g/mol. The van der Waals surface area contributed by atoms with E-state index in [1.165, 1.54) is 30.5 Å². The number of nitriles is 1. The number of rotatable bonds is 6. The van der Waals surface area contributed by atoms with E-state index < -0.39 is 16.6 Å². The van der Waals surface area contributed by atoms with Gasteiger partial charge in [0.25, 0.3) is 0 Å². The highest BCUT2D eigenvalue weighted by Gasteiger charge is 2.22. The molecule has 2 aromatic heterocycles.